The summed E-state index contributed by atoms with van der Waals surface area (Å²) in [6.07, 6.45) is 3.92. The lowest BCUT2D eigenvalue weighted by Crippen LogP contribution is -2.29. The largest absolute Gasteiger partial charge is 0.324 e. The van der Waals surface area contributed by atoms with Crippen molar-refractivity contribution in [1.82, 2.24) is 19.4 Å². The lowest BCUT2D eigenvalue weighted by atomic mass is 9.89. The molecular weight excluding hydrogens is 544 g/mol. The third-order valence-electron chi connectivity index (χ3n) is 7.82. The highest BCUT2D eigenvalue weighted by molar-refractivity contribution is 6.33. The zero-order valence-corrected chi connectivity index (χ0v) is 23.4. The van der Waals surface area contributed by atoms with Crippen molar-refractivity contribution in [3.05, 3.63) is 106 Å². The topological polar surface area (TPSA) is 63.1 Å². The standard InChI is InChI=1S/C32H28ClF2N5O/c1-39-13-11-20(12-14-39)19-7-9-22(10-8-19)37-32-36-18-21-15-26(31(41)40(2)30(21)38-32)24-17-29(35)25(16-27(24)33)23-5-3-4-6-28(23)34/h3-10,15-18,20H,11-14H2,1-2H3,(H,36,37,38). The Morgan fingerprint density at radius 2 is 1.61 bits per heavy atom. The van der Waals surface area contributed by atoms with Crippen LogP contribution in [-0.4, -0.2) is 39.6 Å². The minimum absolute atomic E-state index is 0.0212. The maximum Gasteiger partial charge on any atom is 0.259 e. The summed E-state index contributed by atoms with van der Waals surface area (Å²) >= 11 is 6.52. The second kappa shape index (κ2) is 11.0. The van der Waals surface area contributed by atoms with Crippen LogP contribution < -0.4 is 10.9 Å². The number of nitrogens with one attached hydrogen (secondary N) is 1. The Hall–Kier alpha value is -4.14. The van der Waals surface area contributed by atoms with E-state index in [-0.39, 0.29) is 27.3 Å². The highest BCUT2D eigenvalue weighted by atomic mass is 35.5. The zero-order valence-electron chi connectivity index (χ0n) is 22.7. The van der Waals surface area contributed by atoms with Crippen molar-refractivity contribution in [2.45, 2.75) is 18.8 Å². The Morgan fingerprint density at radius 3 is 2.34 bits per heavy atom. The molecule has 1 aliphatic rings. The van der Waals surface area contributed by atoms with Crippen molar-refractivity contribution in [2.75, 3.05) is 25.5 Å². The Morgan fingerprint density at radius 1 is 0.878 bits per heavy atom. The van der Waals surface area contributed by atoms with Gasteiger partial charge in [-0.05, 0) is 80.9 Å². The fourth-order valence-corrected chi connectivity index (χ4v) is 5.71. The Balaban J connectivity index is 1.29. The molecule has 3 aromatic carbocycles. The molecule has 0 amide bonds. The van der Waals surface area contributed by atoms with Gasteiger partial charge in [-0.25, -0.2) is 13.8 Å². The number of rotatable bonds is 5. The number of pyridine rings is 1. The van der Waals surface area contributed by atoms with Crippen molar-refractivity contribution in [1.29, 1.82) is 0 Å². The van der Waals surface area contributed by atoms with Crippen molar-refractivity contribution >= 4 is 34.3 Å². The van der Waals surface area contributed by atoms with Crippen LogP contribution in [-0.2, 0) is 7.05 Å². The lowest BCUT2D eigenvalue weighted by Gasteiger charge is -2.29. The zero-order chi connectivity index (χ0) is 28.7. The SMILES string of the molecule is CN1CCC(c2ccc(Nc3ncc4cc(-c5cc(F)c(-c6ccccc6F)cc5Cl)c(=O)n(C)c4n3)cc2)CC1. The Bertz CT molecular complexity index is 1810. The van der Waals surface area contributed by atoms with E-state index in [4.69, 9.17) is 11.6 Å². The van der Waals surface area contributed by atoms with E-state index in [1.54, 1.807) is 25.4 Å². The van der Waals surface area contributed by atoms with Gasteiger partial charge in [0.2, 0.25) is 5.95 Å². The second-order valence-corrected chi connectivity index (χ2v) is 10.9. The van der Waals surface area contributed by atoms with Crippen LogP contribution in [0.25, 0.3) is 33.3 Å². The molecule has 9 heteroatoms. The van der Waals surface area contributed by atoms with E-state index in [0.29, 0.717) is 22.9 Å². The molecule has 6 nitrogen and oxygen atoms in total. The van der Waals surface area contributed by atoms with Crippen molar-refractivity contribution in [3.63, 3.8) is 0 Å². The van der Waals surface area contributed by atoms with Gasteiger partial charge in [-0.3, -0.25) is 9.36 Å². The molecule has 2 aromatic heterocycles. The summed E-state index contributed by atoms with van der Waals surface area (Å²) < 4.78 is 30.8. The summed E-state index contributed by atoms with van der Waals surface area (Å²) in [4.78, 5) is 24.7. The van der Waals surface area contributed by atoms with Crippen LogP contribution >= 0.6 is 11.6 Å². The first-order chi connectivity index (χ1) is 19.8. The molecule has 0 atom stereocenters. The van der Waals surface area contributed by atoms with E-state index < -0.39 is 17.2 Å². The molecule has 0 saturated carbocycles. The third-order valence-corrected chi connectivity index (χ3v) is 8.13. The Kier molecular flexibility index (Phi) is 7.28. The number of halogens is 3. The second-order valence-electron chi connectivity index (χ2n) is 10.5. The molecule has 6 rings (SSSR count). The molecule has 208 valence electrons. The normalized spacial score (nSPS) is 14.5. The quantitative estimate of drug-likeness (QED) is 0.243. The Labute approximate surface area is 241 Å². The van der Waals surface area contributed by atoms with Gasteiger partial charge >= 0.3 is 0 Å². The average Bonchev–Trinajstić information content (AvgIpc) is 2.97. The van der Waals surface area contributed by atoms with E-state index in [1.807, 2.05) is 12.1 Å². The molecule has 5 aromatic rings. The van der Waals surface area contributed by atoms with Gasteiger partial charge in [0.15, 0.2) is 0 Å². The number of aryl methyl sites for hydroxylation is 1. The number of piperidine rings is 1. The number of aromatic nitrogens is 3. The molecule has 3 heterocycles. The number of anilines is 2. The van der Waals surface area contributed by atoms with Gasteiger partial charge < -0.3 is 10.2 Å². The minimum atomic E-state index is -0.686. The highest BCUT2D eigenvalue weighted by Gasteiger charge is 2.20. The lowest BCUT2D eigenvalue weighted by molar-refractivity contribution is 0.255. The van der Waals surface area contributed by atoms with E-state index in [9.17, 15) is 9.18 Å². The number of likely N-dealkylation sites (tertiary alicyclic amines) is 1. The molecule has 1 N–H and O–H groups in total. The molecule has 0 radical (unpaired) electrons. The molecule has 1 saturated heterocycles. The summed E-state index contributed by atoms with van der Waals surface area (Å²) in [6.45, 7) is 2.21. The maximum absolute atomic E-state index is 15.2. The first-order valence-electron chi connectivity index (χ1n) is 13.4. The van der Waals surface area contributed by atoms with Crippen LogP contribution in [0.4, 0.5) is 20.4 Å². The summed E-state index contributed by atoms with van der Waals surface area (Å²) in [7, 11) is 3.75. The minimum Gasteiger partial charge on any atom is -0.324 e. The van der Waals surface area contributed by atoms with E-state index in [1.165, 1.54) is 40.5 Å². The summed E-state index contributed by atoms with van der Waals surface area (Å²) in [5.41, 5.74) is 2.71. The molecule has 1 aliphatic heterocycles. The van der Waals surface area contributed by atoms with E-state index in [0.717, 1.165) is 31.6 Å². The van der Waals surface area contributed by atoms with Crippen LogP contribution in [0.2, 0.25) is 5.02 Å². The van der Waals surface area contributed by atoms with Crippen molar-refractivity contribution in [2.24, 2.45) is 7.05 Å². The van der Waals surface area contributed by atoms with Gasteiger partial charge in [0, 0.05) is 51.6 Å². The fourth-order valence-electron chi connectivity index (χ4n) is 5.45. The molecule has 0 bridgehead atoms. The van der Waals surface area contributed by atoms with Crippen molar-refractivity contribution < 1.29 is 8.78 Å². The molecule has 1 fully saturated rings. The van der Waals surface area contributed by atoms with Crippen LogP contribution in [0.1, 0.15) is 24.3 Å². The molecule has 0 aliphatic carbocycles. The molecular formula is C32H28ClF2N5O. The average molecular weight is 572 g/mol. The summed E-state index contributed by atoms with van der Waals surface area (Å²) in [5, 5.41) is 3.93. The number of hydrogen-bond acceptors (Lipinski definition) is 5. The number of benzene rings is 3. The highest BCUT2D eigenvalue weighted by Crippen LogP contribution is 2.35. The first kappa shape index (κ1) is 27.1. The van der Waals surface area contributed by atoms with Gasteiger partial charge in [0.25, 0.3) is 5.56 Å². The maximum atomic E-state index is 15.2. The third kappa shape index (κ3) is 5.33. The predicted octanol–water partition coefficient (Wildman–Crippen LogP) is 7.15. The first-order valence-corrected chi connectivity index (χ1v) is 13.8. The van der Waals surface area contributed by atoms with Gasteiger partial charge in [-0.2, -0.15) is 4.98 Å². The monoisotopic (exact) mass is 571 g/mol. The van der Waals surface area contributed by atoms with E-state index >= 15 is 4.39 Å². The molecule has 41 heavy (non-hydrogen) atoms. The van der Waals surface area contributed by atoms with Crippen LogP contribution in [0.3, 0.4) is 0 Å². The number of hydrogen-bond donors (Lipinski definition) is 1. The van der Waals surface area contributed by atoms with Gasteiger partial charge in [-0.15, -0.1) is 0 Å². The van der Waals surface area contributed by atoms with E-state index in [2.05, 4.69) is 39.4 Å². The number of nitrogens with zero attached hydrogens (tertiary/aromatic N) is 4. The van der Waals surface area contributed by atoms with Crippen molar-refractivity contribution in [3.8, 4) is 22.3 Å². The molecule has 0 spiro atoms. The van der Waals surface area contributed by atoms with Gasteiger partial charge in [-0.1, -0.05) is 41.9 Å². The fraction of sp³-hybridized carbons (Fsp3) is 0.219. The predicted molar refractivity (Wildman–Crippen MR) is 160 cm³/mol. The van der Waals surface area contributed by atoms with Gasteiger partial charge in [0.05, 0.1) is 0 Å². The number of fused-ring (bicyclic) bond motifs is 1. The van der Waals surface area contributed by atoms with Gasteiger partial charge in [0.1, 0.15) is 17.3 Å². The summed E-state index contributed by atoms with van der Waals surface area (Å²) in [6, 6.07) is 18.3. The smallest absolute Gasteiger partial charge is 0.259 e. The summed E-state index contributed by atoms with van der Waals surface area (Å²) in [5.74, 6) is -0.329. The van der Waals surface area contributed by atoms with Crippen LogP contribution in [0.15, 0.2) is 77.7 Å². The van der Waals surface area contributed by atoms with Crippen LogP contribution in [0, 0.1) is 11.6 Å². The van der Waals surface area contributed by atoms with Crippen LogP contribution in [0.5, 0.6) is 0 Å². The molecule has 0 unspecified atom stereocenters.